The first-order valence-corrected chi connectivity index (χ1v) is 7.24. The normalized spacial score (nSPS) is 11.1. The molecule has 0 radical (unpaired) electrons. The highest BCUT2D eigenvalue weighted by Gasteiger charge is 2.23. The number of rotatable bonds is 6. The van der Waals surface area contributed by atoms with E-state index in [0.717, 1.165) is 6.07 Å². The Bertz CT molecular complexity index is 576. The molecule has 7 heteroatoms. The average Bonchev–Trinajstić information content (AvgIpc) is 2.36. The second-order valence-electron chi connectivity index (χ2n) is 3.83. The zero-order chi connectivity index (χ0) is 14.6. The Balaban J connectivity index is 3.54. The molecule has 0 fully saturated rings. The molecule has 1 aromatic rings. The van der Waals surface area contributed by atoms with E-state index in [4.69, 9.17) is 14.6 Å². The summed E-state index contributed by atoms with van der Waals surface area (Å²) in [7, 11) is -0.908. The fourth-order valence-corrected chi connectivity index (χ4v) is 3.02. The highest BCUT2D eigenvalue weighted by molar-refractivity contribution is 7.91. The fourth-order valence-electron chi connectivity index (χ4n) is 1.66. The predicted octanol–water partition coefficient (Wildman–Crippen LogP) is 1.59. The van der Waals surface area contributed by atoms with Gasteiger partial charge in [0.25, 0.3) is 0 Å². The summed E-state index contributed by atoms with van der Waals surface area (Å²) in [6.45, 7) is 1.73. The third-order valence-corrected chi connectivity index (χ3v) is 4.41. The van der Waals surface area contributed by atoms with Crippen molar-refractivity contribution in [3.8, 4) is 11.5 Å². The standard InChI is InChI=1S/C12H16O6S/c1-4-5-19(15,16)8-6-9(12(13)14)11(18-3)10(7-8)17-2/h6-7H,4-5H2,1-3H3,(H,13,14). The van der Waals surface area contributed by atoms with Crippen molar-refractivity contribution >= 4 is 15.8 Å². The summed E-state index contributed by atoms with van der Waals surface area (Å²) < 4.78 is 33.9. The van der Waals surface area contributed by atoms with Gasteiger partial charge in [0.05, 0.1) is 24.9 Å². The molecule has 0 saturated heterocycles. The fraction of sp³-hybridized carbons (Fsp3) is 0.417. The van der Waals surface area contributed by atoms with Crippen molar-refractivity contribution in [3.05, 3.63) is 17.7 Å². The first-order valence-electron chi connectivity index (χ1n) is 5.59. The molecule has 1 rings (SSSR count). The van der Waals surface area contributed by atoms with Crippen LogP contribution < -0.4 is 9.47 Å². The van der Waals surface area contributed by atoms with Crippen molar-refractivity contribution in [2.75, 3.05) is 20.0 Å². The van der Waals surface area contributed by atoms with Gasteiger partial charge in [0.2, 0.25) is 0 Å². The third-order valence-electron chi connectivity index (χ3n) is 2.51. The number of methoxy groups -OCH3 is 2. The lowest BCUT2D eigenvalue weighted by Gasteiger charge is -2.13. The van der Waals surface area contributed by atoms with Crippen LogP contribution in [0.25, 0.3) is 0 Å². The first-order chi connectivity index (χ1) is 8.87. The zero-order valence-corrected chi connectivity index (χ0v) is 11.8. The monoisotopic (exact) mass is 288 g/mol. The van der Waals surface area contributed by atoms with Crippen LogP contribution in [-0.4, -0.2) is 39.5 Å². The molecule has 6 nitrogen and oxygen atoms in total. The van der Waals surface area contributed by atoms with Gasteiger partial charge < -0.3 is 14.6 Å². The van der Waals surface area contributed by atoms with E-state index in [2.05, 4.69) is 0 Å². The number of ether oxygens (including phenoxy) is 2. The largest absolute Gasteiger partial charge is 0.493 e. The minimum atomic E-state index is -3.52. The topological polar surface area (TPSA) is 89.9 Å². The number of carboxylic acid groups (broad SMARTS) is 1. The van der Waals surface area contributed by atoms with Gasteiger partial charge in [-0.05, 0) is 12.5 Å². The first kappa shape index (κ1) is 15.3. The van der Waals surface area contributed by atoms with Crippen LogP contribution in [0.3, 0.4) is 0 Å². The smallest absolute Gasteiger partial charge is 0.339 e. The van der Waals surface area contributed by atoms with Crippen molar-refractivity contribution in [3.63, 3.8) is 0 Å². The van der Waals surface area contributed by atoms with Gasteiger partial charge in [-0.25, -0.2) is 13.2 Å². The van der Waals surface area contributed by atoms with E-state index >= 15 is 0 Å². The molecule has 0 aliphatic rings. The summed E-state index contributed by atoms with van der Waals surface area (Å²) in [5.41, 5.74) is -0.239. The van der Waals surface area contributed by atoms with Crippen molar-refractivity contribution in [2.24, 2.45) is 0 Å². The quantitative estimate of drug-likeness (QED) is 0.854. The molecular formula is C12H16O6S. The lowest BCUT2D eigenvalue weighted by Crippen LogP contribution is -2.10. The van der Waals surface area contributed by atoms with Crippen LogP contribution in [0.15, 0.2) is 17.0 Å². The molecule has 0 atom stereocenters. The number of benzene rings is 1. The van der Waals surface area contributed by atoms with Crippen LogP contribution in [0.4, 0.5) is 0 Å². The molecule has 0 unspecified atom stereocenters. The SMILES string of the molecule is CCCS(=O)(=O)c1cc(OC)c(OC)c(C(=O)O)c1. The van der Waals surface area contributed by atoms with Crippen molar-refractivity contribution in [1.82, 2.24) is 0 Å². The van der Waals surface area contributed by atoms with Crippen LogP contribution in [0, 0.1) is 0 Å². The second kappa shape index (κ2) is 5.92. The third kappa shape index (κ3) is 3.17. The van der Waals surface area contributed by atoms with E-state index in [1.54, 1.807) is 6.92 Å². The van der Waals surface area contributed by atoms with Crippen molar-refractivity contribution < 1.29 is 27.8 Å². The zero-order valence-electron chi connectivity index (χ0n) is 11.0. The Kier molecular flexibility index (Phi) is 4.77. The highest BCUT2D eigenvalue weighted by Crippen LogP contribution is 2.34. The van der Waals surface area contributed by atoms with E-state index in [0.29, 0.717) is 6.42 Å². The molecule has 0 aromatic heterocycles. The maximum atomic E-state index is 12.0. The summed E-state index contributed by atoms with van der Waals surface area (Å²) in [5, 5.41) is 9.11. The van der Waals surface area contributed by atoms with Crippen molar-refractivity contribution in [2.45, 2.75) is 18.2 Å². The maximum Gasteiger partial charge on any atom is 0.339 e. The lowest BCUT2D eigenvalue weighted by atomic mass is 10.2. The minimum Gasteiger partial charge on any atom is -0.493 e. The number of hydrogen-bond acceptors (Lipinski definition) is 5. The predicted molar refractivity (Wildman–Crippen MR) is 68.8 cm³/mol. The number of hydrogen-bond donors (Lipinski definition) is 1. The Labute approximate surface area is 111 Å². The molecule has 1 aromatic carbocycles. The molecule has 0 heterocycles. The second-order valence-corrected chi connectivity index (χ2v) is 5.94. The van der Waals surface area contributed by atoms with E-state index in [-0.39, 0.29) is 27.7 Å². The van der Waals surface area contributed by atoms with Gasteiger partial charge in [-0.1, -0.05) is 6.92 Å². The van der Waals surface area contributed by atoms with Gasteiger partial charge in [0.15, 0.2) is 21.3 Å². The summed E-state index contributed by atoms with van der Waals surface area (Å²) in [4.78, 5) is 11.1. The molecule has 19 heavy (non-hydrogen) atoms. The lowest BCUT2D eigenvalue weighted by molar-refractivity contribution is 0.0692. The Morgan fingerprint density at radius 2 is 1.89 bits per heavy atom. The molecule has 0 bridgehead atoms. The Morgan fingerprint density at radius 3 is 2.32 bits per heavy atom. The highest BCUT2D eigenvalue weighted by atomic mass is 32.2. The Hall–Kier alpha value is -1.76. The molecule has 106 valence electrons. The number of carbonyl (C=O) groups is 1. The van der Waals surface area contributed by atoms with Gasteiger partial charge in [-0.2, -0.15) is 0 Å². The van der Waals surface area contributed by atoms with Gasteiger partial charge in [0.1, 0.15) is 5.56 Å². The van der Waals surface area contributed by atoms with Crippen LogP contribution >= 0.6 is 0 Å². The van der Waals surface area contributed by atoms with Crippen LogP contribution in [0.1, 0.15) is 23.7 Å². The van der Waals surface area contributed by atoms with Crippen LogP contribution in [0.5, 0.6) is 11.5 Å². The van der Waals surface area contributed by atoms with E-state index in [9.17, 15) is 13.2 Å². The van der Waals surface area contributed by atoms with E-state index in [1.807, 2.05) is 0 Å². The summed E-state index contributed by atoms with van der Waals surface area (Å²) in [6.07, 6.45) is 0.444. The number of aromatic carboxylic acids is 1. The van der Waals surface area contributed by atoms with E-state index < -0.39 is 15.8 Å². The van der Waals surface area contributed by atoms with Gasteiger partial charge in [-0.15, -0.1) is 0 Å². The maximum absolute atomic E-state index is 12.0. The van der Waals surface area contributed by atoms with Crippen molar-refractivity contribution in [1.29, 1.82) is 0 Å². The average molecular weight is 288 g/mol. The molecule has 0 aliphatic heterocycles. The summed E-state index contributed by atoms with van der Waals surface area (Å²) >= 11 is 0. The van der Waals surface area contributed by atoms with Gasteiger partial charge in [-0.3, -0.25) is 0 Å². The molecule has 0 saturated carbocycles. The number of carboxylic acids is 1. The van der Waals surface area contributed by atoms with E-state index in [1.165, 1.54) is 20.3 Å². The minimum absolute atomic E-state index is 0.00504. The van der Waals surface area contributed by atoms with Crippen LogP contribution in [0.2, 0.25) is 0 Å². The molecule has 1 N–H and O–H groups in total. The summed E-state index contributed by atoms with van der Waals surface area (Å²) in [6, 6.07) is 2.37. The summed E-state index contributed by atoms with van der Waals surface area (Å²) in [5.74, 6) is -1.24. The molecule has 0 aliphatic carbocycles. The molecule has 0 amide bonds. The number of sulfone groups is 1. The van der Waals surface area contributed by atoms with Crippen LogP contribution in [-0.2, 0) is 9.84 Å². The van der Waals surface area contributed by atoms with Gasteiger partial charge in [0, 0.05) is 6.07 Å². The molecule has 0 spiro atoms. The van der Waals surface area contributed by atoms with Gasteiger partial charge >= 0.3 is 5.97 Å². The Morgan fingerprint density at radius 1 is 1.26 bits per heavy atom. The molecular weight excluding hydrogens is 272 g/mol.